The van der Waals surface area contributed by atoms with E-state index in [2.05, 4.69) is 20.3 Å². The standard InChI is InChI=1S/C15H18ClN5O/c16-13-5-6-21-15(19-13)10(7-17-21)8-20-9-14(22)18-11-3-1-2-4-12(11)20/h5-7,11-12H,1-4,8-9H2,(H,18,22). The first kappa shape index (κ1) is 14.0. The van der Waals surface area contributed by atoms with Crippen molar-refractivity contribution in [2.24, 2.45) is 0 Å². The van der Waals surface area contributed by atoms with Crippen molar-refractivity contribution in [2.75, 3.05) is 6.54 Å². The summed E-state index contributed by atoms with van der Waals surface area (Å²) < 4.78 is 1.73. The average molecular weight is 320 g/mol. The Kier molecular flexibility index (Phi) is 3.50. The predicted molar refractivity (Wildman–Crippen MR) is 82.6 cm³/mol. The molecule has 0 radical (unpaired) electrons. The van der Waals surface area contributed by atoms with E-state index in [4.69, 9.17) is 11.6 Å². The van der Waals surface area contributed by atoms with E-state index in [1.807, 2.05) is 6.20 Å². The Morgan fingerprint density at radius 2 is 2.23 bits per heavy atom. The first-order valence-electron chi connectivity index (χ1n) is 7.73. The fraction of sp³-hybridized carbons (Fsp3) is 0.533. The van der Waals surface area contributed by atoms with Crippen LogP contribution in [0.15, 0.2) is 18.5 Å². The molecular formula is C15H18ClN5O. The molecule has 2 atom stereocenters. The van der Waals surface area contributed by atoms with Gasteiger partial charge in [-0.2, -0.15) is 5.10 Å². The minimum absolute atomic E-state index is 0.116. The van der Waals surface area contributed by atoms with Crippen LogP contribution in [0, 0.1) is 0 Å². The number of rotatable bonds is 2. The van der Waals surface area contributed by atoms with Crippen LogP contribution in [0.5, 0.6) is 0 Å². The van der Waals surface area contributed by atoms with Gasteiger partial charge in [-0.3, -0.25) is 9.69 Å². The van der Waals surface area contributed by atoms with Gasteiger partial charge in [0.2, 0.25) is 5.91 Å². The van der Waals surface area contributed by atoms with Crippen molar-refractivity contribution in [3.8, 4) is 0 Å². The number of hydrogen-bond acceptors (Lipinski definition) is 4. The molecule has 1 saturated heterocycles. The fourth-order valence-corrected chi connectivity index (χ4v) is 3.80. The summed E-state index contributed by atoms with van der Waals surface area (Å²) in [6.07, 6.45) is 8.27. The van der Waals surface area contributed by atoms with Gasteiger partial charge in [0.25, 0.3) is 0 Å². The smallest absolute Gasteiger partial charge is 0.234 e. The third-order valence-electron chi connectivity index (χ3n) is 4.67. The van der Waals surface area contributed by atoms with Crippen molar-refractivity contribution in [3.63, 3.8) is 0 Å². The molecule has 1 saturated carbocycles. The zero-order valence-electron chi connectivity index (χ0n) is 12.2. The summed E-state index contributed by atoms with van der Waals surface area (Å²) in [6.45, 7) is 1.13. The number of amides is 1. The third-order valence-corrected chi connectivity index (χ3v) is 4.88. The quantitative estimate of drug-likeness (QED) is 0.855. The average Bonchev–Trinajstić information content (AvgIpc) is 2.89. The first-order valence-corrected chi connectivity index (χ1v) is 8.11. The van der Waals surface area contributed by atoms with Gasteiger partial charge in [0.15, 0.2) is 5.65 Å². The molecule has 116 valence electrons. The van der Waals surface area contributed by atoms with Crippen LogP contribution < -0.4 is 5.32 Å². The molecule has 1 N–H and O–H groups in total. The summed E-state index contributed by atoms with van der Waals surface area (Å²) in [4.78, 5) is 18.6. The second kappa shape index (κ2) is 5.52. The summed E-state index contributed by atoms with van der Waals surface area (Å²) >= 11 is 5.99. The highest BCUT2D eigenvalue weighted by Crippen LogP contribution is 2.27. The lowest BCUT2D eigenvalue weighted by Gasteiger charge is -2.43. The molecule has 0 bridgehead atoms. The van der Waals surface area contributed by atoms with Crippen molar-refractivity contribution >= 4 is 23.2 Å². The van der Waals surface area contributed by atoms with E-state index in [0.29, 0.717) is 24.3 Å². The maximum atomic E-state index is 12.0. The number of piperazine rings is 1. The van der Waals surface area contributed by atoms with Gasteiger partial charge in [-0.25, -0.2) is 9.50 Å². The van der Waals surface area contributed by atoms with Gasteiger partial charge in [0, 0.05) is 30.4 Å². The predicted octanol–water partition coefficient (Wildman–Crippen LogP) is 1.63. The maximum absolute atomic E-state index is 12.0. The summed E-state index contributed by atoms with van der Waals surface area (Å²) in [7, 11) is 0. The number of nitrogens with zero attached hydrogens (tertiary/aromatic N) is 4. The van der Waals surface area contributed by atoms with Crippen molar-refractivity contribution in [2.45, 2.75) is 44.3 Å². The van der Waals surface area contributed by atoms with E-state index in [9.17, 15) is 4.79 Å². The molecule has 7 heteroatoms. The SMILES string of the molecule is O=C1CN(Cc2cnn3ccc(Cl)nc23)C2CCCCC2N1. The highest BCUT2D eigenvalue weighted by Gasteiger charge is 2.36. The van der Waals surface area contributed by atoms with Crippen LogP contribution in [0.4, 0.5) is 0 Å². The molecule has 1 aliphatic carbocycles. The van der Waals surface area contributed by atoms with Gasteiger partial charge in [-0.05, 0) is 18.9 Å². The monoisotopic (exact) mass is 319 g/mol. The zero-order chi connectivity index (χ0) is 15.1. The van der Waals surface area contributed by atoms with E-state index < -0.39 is 0 Å². The highest BCUT2D eigenvalue weighted by atomic mass is 35.5. The van der Waals surface area contributed by atoms with Gasteiger partial charge in [0.1, 0.15) is 5.15 Å². The molecule has 1 aliphatic heterocycles. The van der Waals surface area contributed by atoms with E-state index in [-0.39, 0.29) is 11.9 Å². The summed E-state index contributed by atoms with van der Waals surface area (Å²) in [6, 6.07) is 2.42. The lowest BCUT2D eigenvalue weighted by atomic mass is 9.87. The highest BCUT2D eigenvalue weighted by molar-refractivity contribution is 6.29. The Morgan fingerprint density at radius 3 is 3.14 bits per heavy atom. The van der Waals surface area contributed by atoms with Crippen LogP contribution in [0.2, 0.25) is 5.15 Å². The van der Waals surface area contributed by atoms with Gasteiger partial charge in [0.05, 0.1) is 12.7 Å². The summed E-state index contributed by atoms with van der Waals surface area (Å²) in [5.41, 5.74) is 1.78. The molecule has 3 heterocycles. The molecule has 2 unspecified atom stereocenters. The second-order valence-electron chi connectivity index (χ2n) is 6.12. The Bertz CT molecular complexity index is 715. The molecular weight excluding hydrogens is 302 g/mol. The molecule has 2 aromatic rings. The van der Waals surface area contributed by atoms with Crippen molar-refractivity contribution in [1.82, 2.24) is 24.8 Å². The molecule has 2 aliphatic rings. The number of halogens is 1. The van der Waals surface area contributed by atoms with E-state index in [1.165, 1.54) is 12.8 Å². The molecule has 2 fully saturated rings. The number of hydrogen-bond donors (Lipinski definition) is 1. The first-order chi connectivity index (χ1) is 10.7. The molecule has 2 aromatic heterocycles. The van der Waals surface area contributed by atoms with Crippen molar-refractivity contribution < 1.29 is 4.79 Å². The van der Waals surface area contributed by atoms with Gasteiger partial charge < -0.3 is 5.32 Å². The van der Waals surface area contributed by atoms with Crippen LogP contribution >= 0.6 is 11.6 Å². The van der Waals surface area contributed by atoms with Gasteiger partial charge >= 0.3 is 0 Å². The summed E-state index contributed by atoms with van der Waals surface area (Å²) in [5.74, 6) is 0.116. The number of aromatic nitrogens is 3. The Labute approximate surface area is 133 Å². The van der Waals surface area contributed by atoms with E-state index >= 15 is 0 Å². The summed E-state index contributed by atoms with van der Waals surface area (Å²) in [5, 5.41) is 7.91. The fourth-order valence-electron chi connectivity index (χ4n) is 3.67. The number of carbonyl (C=O) groups is 1. The topological polar surface area (TPSA) is 62.5 Å². The van der Waals surface area contributed by atoms with Gasteiger partial charge in [-0.1, -0.05) is 24.4 Å². The zero-order valence-corrected chi connectivity index (χ0v) is 13.0. The van der Waals surface area contributed by atoms with Crippen LogP contribution in [0.1, 0.15) is 31.2 Å². The third kappa shape index (κ3) is 2.46. The lowest BCUT2D eigenvalue weighted by molar-refractivity contribution is -0.128. The Balaban J connectivity index is 1.62. The molecule has 0 aromatic carbocycles. The van der Waals surface area contributed by atoms with Crippen LogP contribution in [-0.4, -0.2) is 44.0 Å². The molecule has 22 heavy (non-hydrogen) atoms. The normalized spacial score (nSPS) is 26.0. The Hall–Kier alpha value is -1.66. The van der Waals surface area contributed by atoms with Crippen LogP contribution in [-0.2, 0) is 11.3 Å². The largest absolute Gasteiger partial charge is 0.351 e. The van der Waals surface area contributed by atoms with Crippen LogP contribution in [0.25, 0.3) is 5.65 Å². The molecule has 6 nitrogen and oxygen atoms in total. The minimum Gasteiger partial charge on any atom is -0.351 e. The molecule has 4 rings (SSSR count). The van der Waals surface area contributed by atoms with Crippen molar-refractivity contribution in [3.05, 3.63) is 29.2 Å². The number of carbonyl (C=O) groups excluding carboxylic acids is 1. The van der Waals surface area contributed by atoms with E-state index in [1.54, 1.807) is 16.8 Å². The maximum Gasteiger partial charge on any atom is 0.234 e. The lowest BCUT2D eigenvalue weighted by Crippen LogP contribution is -2.61. The second-order valence-corrected chi connectivity index (χ2v) is 6.51. The van der Waals surface area contributed by atoms with E-state index in [0.717, 1.165) is 24.1 Å². The van der Waals surface area contributed by atoms with Crippen LogP contribution in [0.3, 0.4) is 0 Å². The number of fused-ring (bicyclic) bond motifs is 2. The Morgan fingerprint density at radius 1 is 1.36 bits per heavy atom. The minimum atomic E-state index is 0.116. The molecule has 0 spiro atoms. The molecule has 1 amide bonds. The van der Waals surface area contributed by atoms with Crippen molar-refractivity contribution in [1.29, 1.82) is 0 Å². The van der Waals surface area contributed by atoms with Gasteiger partial charge in [-0.15, -0.1) is 0 Å². The number of nitrogens with one attached hydrogen (secondary N) is 1.